The van der Waals surface area contributed by atoms with Crippen LogP contribution in [-0.4, -0.2) is 5.91 Å². The molecule has 0 bridgehead atoms. The number of carbonyl (C=O) groups is 1. The van der Waals surface area contributed by atoms with Crippen molar-refractivity contribution in [1.29, 1.82) is 0 Å². The number of hydrogen-bond donors (Lipinski definition) is 1. The highest BCUT2D eigenvalue weighted by molar-refractivity contribution is 5.93. The van der Waals surface area contributed by atoms with Gasteiger partial charge in [0.15, 0.2) is 0 Å². The zero-order valence-electron chi connectivity index (χ0n) is 8.69. The average Bonchev–Trinajstić information content (AvgIpc) is 2.22. The summed E-state index contributed by atoms with van der Waals surface area (Å²) in [5.74, 6) is -0.103. The number of carbonyl (C=O) groups excluding carboxylic acids is 1. The lowest BCUT2D eigenvalue weighted by Crippen LogP contribution is -2.09. The van der Waals surface area contributed by atoms with Crippen LogP contribution in [0.25, 0.3) is 10.4 Å². The fraction of sp³-hybridized carbons (Fsp3) is 0.300. The molecule has 0 aliphatic carbocycles. The normalized spacial score (nSPS) is 9.20. The molecule has 0 fully saturated rings. The van der Waals surface area contributed by atoms with Gasteiger partial charge in [-0.05, 0) is 24.6 Å². The summed E-state index contributed by atoms with van der Waals surface area (Å²) in [5, 5.41) is 6.19. The number of amides is 1. The Morgan fingerprint density at radius 2 is 2.33 bits per heavy atom. The SMILES string of the molecule is CCC(=O)Nc1ccc(C)cc1N=[N+]=[N-]. The van der Waals surface area contributed by atoms with E-state index in [0.717, 1.165) is 5.56 Å². The first-order chi connectivity index (χ1) is 7.17. The second-order valence-electron chi connectivity index (χ2n) is 3.11. The summed E-state index contributed by atoms with van der Waals surface area (Å²) in [5.41, 5.74) is 10.3. The Kier molecular flexibility index (Phi) is 3.71. The first-order valence-electron chi connectivity index (χ1n) is 4.63. The molecule has 1 rings (SSSR count). The van der Waals surface area contributed by atoms with E-state index in [1.807, 2.05) is 13.0 Å². The monoisotopic (exact) mass is 204 g/mol. The quantitative estimate of drug-likeness (QED) is 0.457. The third kappa shape index (κ3) is 3.00. The maximum Gasteiger partial charge on any atom is 0.224 e. The van der Waals surface area contributed by atoms with Crippen molar-refractivity contribution in [3.63, 3.8) is 0 Å². The molecule has 1 N–H and O–H groups in total. The molecule has 5 nitrogen and oxygen atoms in total. The minimum Gasteiger partial charge on any atom is -0.326 e. The Morgan fingerprint density at radius 3 is 2.93 bits per heavy atom. The summed E-state index contributed by atoms with van der Waals surface area (Å²) in [6.45, 7) is 3.65. The zero-order chi connectivity index (χ0) is 11.3. The predicted molar refractivity (Wildman–Crippen MR) is 58.9 cm³/mol. The van der Waals surface area contributed by atoms with Crippen LogP contribution in [0.2, 0.25) is 0 Å². The summed E-state index contributed by atoms with van der Waals surface area (Å²) >= 11 is 0. The fourth-order valence-electron chi connectivity index (χ4n) is 1.12. The minimum absolute atomic E-state index is 0.103. The molecule has 0 heterocycles. The van der Waals surface area contributed by atoms with Gasteiger partial charge in [0.1, 0.15) is 0 Å². The molecule has 78 valence electrons. The number of benzene rings is 1. The Hall–Kier alpha value is -2.00. The van der Waals surface area contributed by atoms with Gasteiger partial charge in [-0.15, -0.1) is 0 Å². The van der Waals surface area contributed by atoms with E-state index in [2.05, 4.69) is 15.3 Å². The van der Waals surface area contributed by atoms with Gasteiger partial charge in [-0.3, -0.25) is 4.79 Å². The maximum absolute atomic E-state index is 11.2. The van der Waals surface area contributed by atoms with Crippen LogP contribution < -0.4 is 5.32 Å². The van der Waals surface area contributed by atoms with Gasteiger partial charge in [-0.1, -0.05) is 23.7 Å². The number of azide groups is 1. The van der Waals surface area contributed by atoms with Crippen molar-refractivity contribution in [2.45, 2.75) is 20.3 Å². The molecule has 0 unspecified atom stereocenters. The Labute approximate surface area is 87.7 Å². The highest BCUT2D eigenvalue weighted by Gasteiger charge is 2.03. The average molecular weight is 204 g/mol. The number of aryl methyl sites for hydroxylation is 1. The van der Waals surface area contributed by atoms with E-state index in [1.54, 1.807) is 19.1 Å². The molecule has 15 heavy (non-hydrogen) atoms. The van der Waals surface area contributed by atoms with Crippen LogP contribution in [0.15, 0.2) is 23.3 Å². The number of nitrogens with one attached hydrogen (secondary N) is 1. The molecule has 1 aromatic rings. The Morgan fingerprint density at radius 1 is 1.60 bits per heavy atom. The van der Waals surface area contributed by atoms with Crippen LogP contribution >= 0.6 is 0 Å². The van der Waals surface area contributed by atoms with Gasteiger partial charge in [-0.2, -0.15) is 0 Å². The van der Waals surface area contributed by atoms with E-state index in [4.69, 9.17) is 5.53 Å². The third-order valence-electron chi connectivity index (χ3n) is 1.90. The molecular formula is C10H12N4O. The van der Waals surface area contributed by atoms with E-state index >= 15 is 0 Å². The van der Waals surface area contributed by atoms with Crippen molar-refractivity contribution in [1.82, 2.24) is 0 Å². The van der Waals surface area contributed by atoms with Gasteiger partial charge in [0.05, 0.1) is 11.4 Å². The lowest BCUT2D eigenvalue weighted by Gasteiger charge is -2.07. The van der Waals surface area contributed by atoms with Crippen LogP contribution in [0.3, 0.4) is 0 Å². The van der Waals surface area contributed by atoms with Crippen molar-refractivity contribution in [2.75, 3.05) is 5.32 Å². The standard InChI is InChI=1S/C10H12N4O/c1-3-10(15)12-8-5-4-7(2)6-9(8)13-14-11/h4-6H,3H2,1-2H3,(H,12,15). The summed E-state index contributed by atoms with van der Waals surface area (Å²) in [6, 6.07) is 5.31. The van der Waals surface area contributed by atoms with E-state index in [-0.39, 0.29) is 5.91 Å². The first kappa shape index (κ1) is 11.1. The smallest absolute Gasteiger partial charge is 0.224 e. The van der Waals surface area contributed by atoms with Crippen LogP contribution in [0.1, 0.15) is 18.9 Å². The van der Waals surface area contributed by atoms with Gasteiger partial charge in [0.2, 0.25) is 5.91 Å². The molecule has 1 aromatic carbocycles. The molecule has 0 aliphatic heterocycles. The van der Waals surface area contributed by atoms with Crippen LogP contribution in [0.4, 0.5) is 11.4 Å². The highest BCUT2D eigenvalue weighted by Crippen LogP contribution is 2.26. The van der Waals surface area contributed by atoms with Crippen LogP contribution in [0.5, 0.6) is 0 Å². The van der Waals surface area contributed by atoms with Crippen molar-refractivity contribution in [3.05, 3.63) is 34.2 Å². The number of hydrogen-bond acceptors (Lipinski definition) is 2. The second-order valence-corrected chi connectivity index (χ2v) is 3.11. The summed E-state index contributed by atoms with van der Waals surface area (Å²) in [4.78, 5) is 13.9. The molecular weight excluding hydrogens is 192 g/mol. The van der Waals surface area contributed by atoms with Crippen LogP contribution in [-0.2, 0) is 4.79 Å². The van der Waals surface area contributed by atoms with Gasteiger partial charge < -0.3 is 5.32 Å². The molecule has 0 atom stereocenters. The Bertz CT molecular complexity index is 421. The summed E-state index contributed by atoms with van der Waals surface area (Å²) in [7, 11) is 0. The molecule has 5 heteroatoms. The predicted octanol–water partition coefficient (Wildman–Crippen LogP) is 3.29. The molecule has 0 saturated heterocycles. The highest BCUT2D eigenvalue weighted by atomic mass is 16.1. The molecule has 0 aliphatic rings. The van der Waals surface area contributed by atoms with E-state index in [1.165, 1.54) is 0 Å². The zero-order valence-corrected chi connectivity index (χ0v) is 8.69. The number of nitrogens with zero attached hydrogens (tertiary/aromatic N) is 3. The fourth-order valence-corrected chi connectivity index (χ4v) is 1.12. The maximum atomic E-state index is 11.2. The second kappa shape index (κ2) is 5.02. The van der Waals surface area contributed by atoms with Gasteiger partial charge >= 0.3 is 0 Å². The van der Waals surface area contributed by atoms with E-state index in [0.29, 0.717) is 17.8 Å². The van der Waals surface area contributed by atoms with Crippen molar-refractivity contribution < 1.29 is 4.79 Å². The third-order valence-corrected chi connectivity index (χ3v) is 1.90. The van der Waals surface area contributed by atoms with Gasteiger partial charge in [0.25, 0.3) is 0 Å². The Balaban J connectivity index is 3.05. The van der Waals surface area contributed by atoms with E-state index < -0.39 is 0 Å². The first-order valence-corrected chi connectivity index (χ1v) is 4.63. The van der Waals surface area contributed by atoms with Crippen molar-refractivity contribution in [2.24, 2.45) is 5.11 Å². The molecule has 0 saturated carbocycles. The molecule has 0 spiro atoms. The number of anilines is 1. The van der Waals surface area contributed by atoms with Gasteiger partial charge in [0, 0.05) is 11.3 Å². The molecule has 1 amide bonds. The summed E-state index contributed by atoms with van der Waals surface area (Å²) in [6.07, 6.45) is 0.392. The molecule has 0 aromatic heterocycles. The largest absolute Gasteiger partial charge is 0.326 e. The van der Waals surface area contributed by atoms with Gasteiger partial charge in [-0.25, -0.2) is 0 Å². The summed E-state index contributed by atoms with van der Waals surface area (Å²) < 4.78 is 0. The lowest BCUT2D eigenvalue weighted by atomic mass is 10.2. The molecule has 0 radical (unpaired) electrons. The minimum atomic E-state index is -0.103. The van der Waals surface area contributed by atoms with Crippen molar-refractivity contribution >= 4 is 17.3 Å². The van der Waals surface area contributed by atoms with E-state index in [9.17, 15) is 4.79 Å². The van der Waals surface area contributed by atoms with Crippen molar-refractivity contribution in [3.8, 4) is 0 Å². The number of rotatable bonds is 3. The lowest BCUT2D eigenvalue weighted by molar-refractivity contribution is -0.115. The van der Waals surface area contributed by atoms with Crippen LogP contribution in [0, 0.1) is 6.92 Å². The topological polar surface area (TPSA) is 77.9 Å².